The molecule has 1 heterocycles. The molecule has 0 spiro atoms. The molecule has 1 aliphatic carbocycles. The van der Waals surface area contributed by atoms with Gasteiger partial charge in [-0.15, -0.1) is 0 Å². The highest BCUT2D eigenvalue weighted by molar-refractivity contribution is 5.79. The summed E-state index contributed by atoms with van der Waals surface area (Å²) in [6.07, 6.45) is 11.1. The summed E-state index contributed by atoms with van der Waals surface area (Å²) in [4.78, 5) is 14.7. The Morgan fingerprint density at radius 3 is 2.44 bits per heavy atom. The smallest absolute Gasteiger partial charge is 0.225 e. The van der Waals surface area contributed by atoms with Gasteiger partial charge >= 0.3 is 0 Å². The third-order valence-electron chi connectivity index (χ3n) is 4.34. The summed E-state index contributed by atoms with van der Waals surface area (Å²) in [5, 5.41) is 0. The quantitative estimate of drug-likeness (QED) is 0.703. The zero-order valence-electron chi connectivity index (χ0n) is 10.6. The Morgan fingerprint density at radius 2 is 1.75 bits per heavy atom. The number of piperidine rings is 1. The Bertz CT molecular complexity index is 233. The van der Waals surface area contributed by atoms with Crippen LogP contribution >= 0.6 is 0 Å². The van der Waals surface area contributed by atoms with Crippen molar-refractivity contribution in [1.82, 2.24) is 4.90 Å². The van der Waals surface area contributed by atoms with Crippen molar-refractivity contribution in [3.05, 3.63) is 0 Å². The van der Waals surface area contributed by atoms with Crippen molar-refractivity contribution >= 4 is 5.91 Å². The molecular weight excluding hydrogens is 198 g/mol. The predicted octanol–water partition coefficient (Wildman–Crippen LogP) is 3.36. The van der Waals surface area contributed by atoms with E-state index in [1.54, 1.807) is 0 Å². The fourth-order valence-electron chi connectivity index (χ4n) is 3.30. The standard InChI is InChI=1S/C14H25NO/c1-2-13-10-6-7-11-15(13)14(16)12-8-4-3-5-9-12/h12-13H,2-11H2,1H3. The summed E-state index contributed by atoms with van der Waals surface area (Å²) >= 11 is 0. The maximum atomic E-state index is 12.4. The number of amides is 1. The molecule has 2 nitrogen and oxygen atoms in total. The molecule has 1 amide bonds. The highest BCUT2D eigenvalue weighted by Crippen LogP contribution is 2.28. The average Bonchev–Trinajstić information content (AvgIpc) is 2.39. The lowest BCUT2D eigenvalue weighted by atomic mass is 9.87. The molecule has 2 aliphatic rings. The molecule has 1 saturated carbocycles. The fraction of sp³-hybridized carbons (Fsp3) is 0.929. The predicted molar refractivity (Wildman–Crippen MR) is 66.2 cm³/mol. The molecule has 1 aliphatic heterocycles. The van der Waals surface area contributed by atoms with Crippen molar-refractivity contribution in [1.29, 1.82) is 0 Å². The van der Waals surface area contributed by atoms with E-state index in [9.17, 15) is 4.79 Å². The maximum absolute atomic E-state index is 12.4. The Morgan fingerprint density at radius 1 is 1.06 bits per heavy atom. The Kier molecular flexibility index (Phi) is 4.25. The van der Waals surface area contributed by atoms with Gasteiger partial charge in [0.2, 0.25) is 5.91 Å². The molecule has 16 heavy (non-hydrogen) atoms. The molecule has 0 N–H and O–H groups in total. The summed E-state index contributed by atoms with van der Waals surface area (Å²) in [6.45, 7) is 3.24. The van der Waals surface area contributed by atoms with Crippen LogP contribution in [0.15, 0.2) is 0 Å². The van der Waals surface area contributed by atoms with Crippen LogP contribution in [-0.4, -0.2) is 23.4 Å². The number of carbonyl (C=O) groups excluding carboxylic acids is 1. The summed E-state index contributed by atoms with van der Waals surface area (Å²) in [7, 11) is 0. The van der Waals surface area contributed by atoms with Crippen LogP contribution in [0, 0.1) is 5.92 Å². The van der Waals surface area contributed by atoms with Gasteiger partial charge in [-0.3, -0.25) is 4.79 Å². The van der Waals surface area contributed by atoms with E-state index in [2.05, 4.69) is 11.8 Å². The zero-order valence-corrected chi connectivity index (χ0v) is 10.6. The van der Waals surface area contributed by atoms with Gasteiger partial charge in [0.05, 0.1) is 0 Å². The average molecular weight is 223 g/mol. The summed E-state index contributed by atoms with van der Waals surface area (Å²) < 4.78 is 0. The number of nitrogens with zero attached hydrogens (tertiary/aromatic N) is 1. The maximum Gasteiger partial charge on any atom is 0.225 e. The lowest BCUT2D eigenvalue weighted by Gasteiger charge is -2.38. The summed E-state index contributed by atoms with van der Waals surface area (Å²) in [5.74, 6) is 0.840. The van der Waals surface area contributed by atoms with Crippen LogP contribution < -0.4 is 0 Å². The molecule has 0 bridgehead atoms. The van der Waals surface area contributed by atoms with Crippen LogP contribution in [0.25, 0.3) is 0 Å². The first kappa shape index (κ1) is 11.9. The molecule has 0 aromatic carbocycles. The van der Waals surface area contributed by atoms with Crippen molar-refractivity contribution in [2.45, 2.75) is 70.8 Å². The van der Waals surface area contributed by atoms with Crippen LogP contribution in [0.3, 0.4) is 0 Å². The third-order valence-corrected chi connectivity index (χ3v) is 4.34. The molecule has 0 radical (unpaired) electrons. The van der Waals surface area contributed by atoms with E-state index < -0.39 is 0 Å². The highest BCUT2D eigenvalue weighted by Gasteiger charge is 2.30. The molecule has 2 fully saturated rings. The molecule has 2 heteroatoms. The molecule has 1 saturated heterocycles. The minimum Gasteiger partial charge on any atom is -0.339 e. The van der Waals surface area contributed by atoms with Crippen molar-refractivity contribution in [3.8, 4) is 0 Å². The number of hydrogen-bond donors (Lipinski definition) is 0. The minimum atomic E-state index is 0.362. The first-order chi connectivity index (χ1) is 7.83. The first-order valence-corrected chi connectivity index (χ1v) is 7.13. The number of hydrogen-bond acceptors (Lipinski definition) is 1. The normalized spacial score (nSPS) is 28.1. The first-order valence-electron chi connectivity index (χ1n) is 7.13. The van der Waals surface area contributed by atoms with Gasteiger partial charge in [-0.2, -0.15) is 0 Å². The van der Waals surface area contributed by atoms with Crippen molar-refractivity contribution in [3.63, 3.8) is 0 Å². The Labute approximate surface area is 99.4 Å². The minimum absolute atomic E-state index is 0.362. The molecule has 92 valence electrons. The van der Waals surface area contributed by atoms with E-state index in [-0.39, 0.29) is 0 Å². The second kappa shape index (κ2) is 5.70. The van der Waals surface area contributed by atoms with Crippen LogP contribution in [0.5, 0.6) is 0 Å². The Balaban J connectivity index is 1.95. The number of rotatable bonds is 2. The zero-order chi connectivity index (χ0) is 11.4. The molecule has 2 rings (SSSR count). The molecule has 0 aromatic rings. The SMILES string of the molecule is CCC1CCCCN1C(=O)C1CCCCC1. The van der Waals surface area contributed by atoms with Crippen LogP contribution in [0.2, 0.25) is 0 Å². The summed E-state index contributed by atoms with van der Waals surface area (Å²) in [5.41, 5.74) is 0. The van der Waals surface area contributed by atoms with Gasteiger partial charge < -0.3 is 4.90 Å². The van der Waals surface area contributed by atoms with Crippen molar-refractivity contribution in [2.75, 3.05) is 6.54 Å². The molecular formula is C14H25NO. The van der Waals surface area contributed by atoms with Gasteiger partial charge in [-0.25, -0.2) is 0 Å². The van der Waals surface area contributed by atoms with Crippen LogP contribution in [0.1, 0.15) is 64.7 Å². The second-order valence-corrected chi connectivity index (χ2v) is 5.42. The third kappa shape index (κ3) is 2.58. The Hall–Kier alpha value is -0.530. The van der Waals surface area contributed by atoms with Gasteiger partial charge in [0.1, 0.15) is 0 Å². The van der Waals surface area contributed by atoms with E-state index in [0.29, 0.717) is 17.9 Å². The lowest BCUT2D eigenvalue weighted by Crippen LogP contribution is -2.46. The van der Waals surface area contributed by atoms with Gasteiger partial charge in [0.25, 0.3) is 0 Å². The summed E-state index contributed by atoms with van der Waals surface area (Å²) in [6, 6.07) is 0.545. The van der Waals surface area contributed by atoms with E-state index in [4.69, 9.17) is 0 Å². The van der Waals surface area contributed by atoms with E-state index in [1.807, 2.05) is 0 Å². The van der Waals surface area contributed by atoms with E-state index >= 15 is 0 Å². The van der Waals surface area contributed by atoms with Gasteiger partial charge in [-0.05, 0) is 38.5 Å². The van der Waals surface area contributed by atoms with Gasteiger partial charge in [-0.1, -0.05) is 26.2 Å². The van der Waals surface area contributed by atoms with Crippen molar-refractivity contribution < 1.29 is 4.79 Å². The highest BCUT2D eigenvalue weighted by atomic mass is 16.2. The monoisotopic (exact) mass is 223 g/mol. The second-order valence-electron chi connectivity index (χ2n) is 5.42. The fourth-order valence-corrected chi connectivity index (χ4v) is 3.30. The molecule has 1 atom stereocenters. The molecule has 0 aromatic heterocycles. The number of likely N-dealkylation sites (tertiary alicyclic amines) is 1. The van der Waals surface area contributed by atoms with Gasteiger partial charge in [0, 0.05) is 18.5 Å². The largest absolute Gasteiger partial charge is 0.339 e. The van der Waals surface area contributed by atoms with Crippen molar-refractivity contribution in [2.24, 2.45) is 5.92 Å². The number of carbonyl (C=O) groups is 1. The van der Waals surface area contributed by atoms with E-state index in [1.165, 1.54) is 38.5 Å². The topological polar surface area (TPSA) is 20.3 Å². The van der Waals surface area contributed by atoms with Crippen LogP contribution in [-0.2, 0) is 4.79 Å². The lowest BCUT2D eigenvalue weighted by molar-refractivity contribution is -0.140. The van der Waals surface area contributed by atoms with E-state index in [0.717, 1.165) is 25.8 Å². The van der Waals surface area contributed by atoms with Crippen LogP contribution in [0.4, 0.5) is 0 Å². The molecule has 1 unspecified atom stereocenters. The van der Waals surface area contributed by atoms with Gasteiger partial charge in [0.15, 0.2) is 0 Å².